The molecule has 0 bridgehead atoms. The second-order valence-electron chi connectivity index (χ2n) is 11.5. The van der Waals surface area contributed by atoms with E-state index in [1.165, 1.54) is 11.7 Å². The van der Waals surface area contributed by atoms with Crippen LogP contribution in [0.25, 0.3) is 89.0 Å². The lowest BCUT2D eigenvalue weighted by Gasteiger charge is -2.13. The van der Waals surface area contributed by atoms with E-state index in [1.807, 2.05) is 48.5 Å². The second kappa shape index (κ2) is 11.4. The van der Waals surface area contributed by atoms with Crippen LogP contribution >= 0.6 is 11.7 Å². The van der Waals surface area contributed by atoms with Gasteiger partial charge in [-0.15, -0.1) is 0 Å². The zero-order chi connectivity index (χ0) is 31.2. The number of hydrogen-bond acceptors (Lipinski definition) is 6. The van der Waals surface area contributed by atoms with Gasteiger partial charge >= 0.3 is 0 Å². The predicted octanol–water partition coefficient (Wildman–Crippen LogP) is 10.5. The fraction of sp³-hybridized carbons (Fsp3) is 0. The van der Waals surface area contributed by atoms with E-state index in [1.54, 1.807) is 0 Å². The van der Waals surface area contributed by atoms with E-state index in [2.05, 4.69) is 108 Å². The van der Waals surface area contributed by atoms with E-state index >= 15 is 0 Å². The molecule has 0 saturated carbocycles. The van der Waals surface area contributed by atoms with Crippen molar-refractivity contribution in [3.63, 3.8) is 0 Å². The zero-order valence-corrected chi connectivity index (χ0v) is 25.9. The lowest BCUT2D eigenvalue weighted by atomic mass is 9.96. The van der Waals surface area contributed by atoms with E-state index in [0.717, 1.165) is 83.2 Å². The maximum Gasteiger partial charge on any atom is 0.160 e. The van der Waals surface area contributed by atoms with Gasteiger partial charge in [0.1, 0.15) is 11.0 Å². The van der Waals surface area contributed by atoms with Gasteiger partial charge in [0, 0.05) is 38.4 Å². The van der Waals surface area contributed by atoms with Crippen molar-refractivity contribution in [3.8, 4) is 56.3 Å². The van der Waals surface area contributed by atoms with Crippen LogP contribution in [0.4, 0.5) is 0 Å². The molecule has 0 unspecified atom stereocenters. The molecule has 220 valence electrons. The number of hydrogen-bond donors (Lipinski definition) is 0. The molecule has 6 heteroatoms. The molecule has 0 atom stereocenters. The Morgan fingerprint density at radius 2 is 1.00 bits per heavy atom. The number of pyridine rings is 1. The molecule has 0 fully saturated rings. The van der Waals surface area contributed by atoms with E-state index in [0.29, 0.717) is 5.82 Å². The predicted molar refractivity (Wildman–Crippen MR) is 193 cm³/mol. The topological polar surface area (TPSA) is 64.5 Å². The van der Waals surface area contributed by atoms with Gasteiger partial charge in [-0.2, -0.15) is 8.75 Å². The first-order chi connectivity index (χ1) is 23.3. The Kier molecular flexibility index (Phi) is 6.58. The monoisotopic (exact) mass is 619 g/mol. The Hall–Kier alpha value is -6.11. The first kappa shape index (κ1) is 27.2. The summed E-state index contributed by atoms with van der Waals surface area (Å²) in [6.07, 6.45) is 0. The molecular formula is C41H25N5S. The number of aromatic nitrogens is 5. The average Bonchev–Trinajstić information content (AvgIpc) is 3.65. The number of rotatable bonds is 5. The zero-order valence-electron chi connectivity index (χ0n) is 25.1. The molecule has 6 aromatic carbocycles. The molecule has 3 aromatic heterocycles. The van der Waals surface area contributed by atoms with Crippen molar-refractivity contribution in [2.24, 2.45) is 0 Å². The maximum absolute atomic E-state index is 5.26. The highest BCUT2D eigenvalue weighted by atomic mass is 32.1. The van der Waals surface area contributed by atoms with Crippen molar-refractivity contribution in [1.29, 1.82) is 0 Å². The van der Waals surface area contributed by atoms with Gasteiger partial charge in [0.05, 0.1) is 34.3 Å². The van der Waals surface area contributed by atoms with Gasteiger partial charge in [-0.3, -0.25) is 0 Å². The molecule has 3 heterocycles. The summed E-state index contributed by atoms with van der Waals surface area (Å²) in [7, 11) is 0. The molecule has 5 nitrogen and oxygen atoms in total. The van der Waals surface area contributed by atoms with Crippen LogP contribution in [-0.4, -0.2) is 23.7 Å². The molecule has 47 heavy (non-hydrogen) atoms. The molecule has 0 spiro atoms. The Morgan fingerprint density at radius 3 is 1.77 bits per heavy atom. The Morgan fingerprint density at radius 1 is 0.383 bits per heavy atom. The minimum absolute atomic E-state index is 0.699. The molecule has 0 radical (unpaired) electrons. The highest BCUT2D eigenvalue weighted by Gasteiger charge is 2.16. The summed E-state index contributed by atoms with van der Waals surface area (Å²) in [6, 6.07) is 52.1. The average molecular weight is 620 g/mol. The summed E-state index contributed by atoms with van der Waals surface area (Å²) >= 11 is 1.25. The van der Waals surface area contributed by atoms with Gasteiger partial charge in [0.15, 0.2) is 5.82 Å². The van der Waals surface area contributed by atoms with Gasteiger partial charge in [0.25, 0.3) is 0 Å². The maximum atomic E-state index is 5.26. The molecule has 9 rings (SSSR count). The third-order valence-corrected chi connectivity index (χ3v) is 9.09. The Balaban J connectivity index is 1.21. The summed E-state index contributed by atoms with van der Waals surface area (Å²) in [5.74, 6) is 0.699. The molecular weight excluding hydrogens is 595 g/mol. The molecule has 0 aliphatic rings. The van der Waals surface area contributed by atoms with Gasteiger partial charge < -0.3 is 0 Å². The SMILES string of the molecule is c1ccc(-c2cc(-c3cccc(-c4ccc5c(c4)nc(-c4ccccc4)c4ccc6nsnc6c45)c3)nc(-c3ccccc3)n2)cc1. The van der Waals surface area contributed by atoms with Crippen molar-refractivity contribution in [2.75, 3.05) is 0 Å². The first-order valence-corrected chi connectivity index (χ1v) is 16.2. The smallest absolute Gasteiger partial charge is 0.160 e. The quantitative estimate of drug-likeness (QED) is 0.179. The lowest BCUT2D eigenvalue weighted by molar-refractivity contribution is 1.18. The molecule has 0 aliphatic heterocycles. The van der Waals surface area contributed by atoms with Crippen molar-refractivity contribution in [3.05, 3.63) is 152 Å². The van der Waals surface area contributed by atoms with Crippen LogP contribution in [0.1, 0.15) is 0 Å². The summed E-state index contributed by atoms with van der Waals surface area (Å²) < 4.78 is 9.24. The van der Waals surface area contributed by atoms with E-state index in [9.17, 15) is 0 Å². The normalized spacial score (nSPS) is 11.4. The molecule has 9 aromatic rings. The Labute approximate surface area is 275 Å². The molecule has 0 aliphatic carbocycles. The minimum Gasteiger partial charge on any atom is -0.247 e. The van der Waals surface area contributed by atoms with Crippen LogP contribution in [0.5, 0.6) is 0 Å². The van der Waals surface area contributed by atoms with Crippen LogP contribution in [0.15, 0.2) is 152 Å². The van der Waals surface area contributed by atoms with Crippen molar-refractivity contribution in [2.45, 2.75) is 0 Å². The van der Waals surface area contributed by atoms with Crippen LogP contribution in [0.3, 0.4) is 0 Å². The third kappa shape index (κ3) is 4.92. The van der Waals surface area contributed by atoms with Gasteiger partial charge in [-0.25, -0.2) is 15.0 Å². The van der Waals surface area contributed by atoms with Crippen LogP contribution in [0, 0.1) is 0 Å². The summed E-state index contributed by atoms with van der Waals surface area (Å²) in [5.41, 5.74) is 11.7. The van der Waals surface area contributed by atoms with E-state index < -0.39 is 0 Å². The Bertz CT molecular complexity index is 2510. The van der Waals surface area contributed by atoms with Crippen LogP contribution in [0.2, 0.25) is 0 Å². The second-order valence-corrected chi connectivity index (χ2v) is 12.0. The van der Waals surface area contributed by atoms with Crippen molar-refractivity contribution < 1.29 is 0 Å². The van der Waals surface area contributed by atoms with Gasteiger partial charge in [0.2, 0.25) is 0 Å². The number of fused-ring (bicyclic) bond motifs is 5. The first-order valence-electron chi connectivity index (χ1n) is 15.4. The summed E-state index contributed by atoms with van der Waals surface area (Å²) in [6.45, 7) is 0. The number of nitrogens with zero attached hydrogens (tertiary/aromatic N) is 5. The van der Waals surface area contributed by atoms with Crippen LogP contribution in [-0.2, 0) is 0 Å². The summed E-state index contributed by atoms with van der Waals surface area (Å²) in [4.78, 5) is 15.3. The molecule has 0 amide bonds. The molecule has 0 saturated heterocycles. The largest absolute Gasteiger partial charge is 0.247 e. The number of benzene rings is 6. The van der Waals surface area contributed by atoms with E-state index in [-0.39, 0.29) is 0 Å². The standard InChI is InChI=1S/C41H25N5S/c1-4-11-26(12-5-1)35-25-36(44-41(43-35)28-15-8-3-9-16-28)31-18-10-17-29(23-31)30-19-20-32-37(24-30)42-39(27-13-6-2-7-14-27)33-21-22-34-40(38(32)33)46-47-45-34/h1-25H. The highest BCUT2D eigenvalue weighted by molar-refractivity contribution is 7.00. The fourth-order valence-electron chi connectivity index (χ4n) is 6.26. The fourth-order valence-corrected chi connectivity index (χ4v) is 6.80. The minimum atomic E-state index is 0.699. The van der Waals surface area contributed by atoms with Crippen molar-refractivity contribution in [1.82, 2.24) is 23.7 Å². The summed E-state index contributed by atoms with van der Waals surface area (Å²) in [5, 5.41) is 3.22. The van der Waals surface area contributed by atoms with Crippen LogP contribution < -0.4 is 0 Å². The lowest BCUT2D eigenvalue weighted by Crippen LogP contribution is -1.96. The molecule has 0 N–H and O–H groups in total. The van der Waals surface area contributed by atoms with Gasteiger partial charge in [-0.05, 0) is 41.5 Å². The van der Waals surface area contributed by atoms with Gasteiger partial charge in [-0.1, -0.05) is 121 Å². The third-order valence-electron chi connectivity index (χ3n) is 8.55. The highest BCUT2D eigenvalue weighted by Crippen LogP contribution is 2.38. The van der Waals surface area contributed by atoms with E-state index in [4.69, 9.17) is 19.3 Å². The van der Waals surface area contributed by atoms with Crippen molar-refractivity contribution >= 4 is 44.4 Å².